The smallest absolute Gasteiger partial charge is 0.191 e. The number of hydrogen-bond acceptors (Lipinski definition) is 5. The van der Waals surface area contributed by atoms with E-state index in [2.05, 4.69) is 55.1 Å². The van der Waals surface area contributed by atoms with Gasteiger partial charge in [-0.05, 0) is 18.8 Å². The molecular weight excluding hydrogens is 481 g/mol. The fourth-order valence-corrected chi connectivity index (χ4v) is 3.98. The zero-order valence-electron chi connectivity index (χ0n) is 19.2. The number of halogens is 1. The molecule has 29 heavy (non-hydrogen) atoms. The average Bonchev–Trinajstić information content (AvgIpc) is 2.66. The SMILES string of the molecule is CCNC(=NCC(C(C)C)N1CCOCC1)NCC1CN(CC(C)C)CCO1.I. The molecule has 2 aliphatic heterocycles. The Bertz CT molecular complexity index is 458. The van der Waals surface area contributed by atoms with Crippen molar-refractivity contribution in [3.63, 3.8) is 0 Å². The number of guanidine groups is 1. The van der Waals surface area contributed by atoms with Gasteiger partial charge in [-0.3, -0.25) is 14.8 Å². The van der Waals surface area contributed by atoms with E-state index in [0.717, 1.165) is 78.1 Å². The highest BCUT2D eigenvalue weighted by Gasteiger charge is 2.24. The molecule has 2 heterocycles. The monoisotopic (exact) mass is 525 g/mol. The fraction of sp³-hybridized carbons (Fsp3) is 0.952. The van der Waals surface area contributed by atoms with Crippen LogP contribution < -0.4 is 10.6 Å². The Morgan fingerprint density at radius 3 is 2.41 bits per heavy atom. The molecule has 0 saturated carbocycles. The number of nitrogens with one attached hydrogen (secondary N) is 2. The molecule has 2 unspecified atom stereocenters. The molecule has 172 valence electrons. The molecule has 0 radical (unpaired) electrons. The largest absolute Gasteiger partial charge is 0.379 e. The zero-order valence-corrected chi connectivity index (χ0v) is 21.5. The Balaban J connectivity index is 0.00000420. The molecule has 2 rings (SSSR count). The minimum atomic E-state index is 0. The number of hydrogen-bond donors (Lipinski definition) is 2. The van der Waals surface area contributed by atoms with Gasteiger partial charge in [0, 0.05) is 51.9 Å². The number of ether oxygens (including phenoxy) is 2. The van der Waals surface area contributed by atoms with Crippen LogP contribution in [-0.2, 0) is 9.47 Å². The lowest BCUT2D eigenvalue weighted by Crippen LogP contribution is -2.51. The summed E-state index contributed by atoms with van der Waals surface area (Å²) in [7, 11) is 0. The van der Waals surface area contributed by atoms with Crippen molar-refractivity contribution in [2.24, 2.45) is 16.8 Å². The van der Waals surface area contributed by atoms with Crippen LogP contribution in [0.1, 0.15) is 34.6 Å². The summed E-state index contributed by atoms with van der Waals surface area (Å²) in [5.41, 5.74) is 0. The van der Waals surface area contributed by atoms with Gasteiger partial charge < -0.3 is 20.1 Å². The van der Waals surface area contributed by atoms with Crippen LogP contribution in [0.3, 0.4) is 0 Å². The molecule has 2 fully saturated rings. The predicted molar refractivity (Wildman–Crippen MR) is 131 cm³/mol. The van der Waals surface area contributed by atoms with Gasteiger partial charge in [-0.2, -0.15) is 0 Å². The molecular formula is C21H44IN5O2. The standard InChI is InChI=1S/C21H43N5O2.HI/c1-6-22-21(23-13-19-16-25(7-12-28-19)15-17(2)3)24-14-20(18(4)5)26-8-10-27-11-9-26;/h17-20H,6-16H2,1-5H3,(H2,22,23,24);1H. The van der Waals surface area contributed by atoms with Gasteiger partial charge in [-0.15, -0.1) is 24.0 Å². The van der Waals surface area contributed by atoms with Crippen molar-refractivity contribution in [3.8, 4) is 0 Å². The fourth-order valence-electron chi connectivity index (χ4n) is 3.98. The number of rotatable bonds is 9. The van der Waals surface area contributed by atoms with Crippen molar-refractivity contribution in [1.29, 1.82) is 0 Å². The van der Waals surface area contributed by atoms with E-state index in [-0.39, 0.29) is 30.1 Å². The summed E-state index contributed by atoms with van der Waals surface area (Å²) in [5, 5.41) is 6.89. The van der Waals surface area contributed by atoms with Crippen molar-refractivity contribution in [2.75, 3.05) is 72.2 Å². The minimum absolute atomic E-state index is 0. The molecule has 2 saturated heterocycles. The lowest BCUT2D eigenvalue weighted by Gasteiger charge is -2.36. The highest BCUT2D eigenvalue weighted by Crippen LogP contribution is 2.13. The van der Waals surface area contributed by atoms with E-state index in [4.69, 9.17) is 14.5 Å². The van der Waals surface area contributed by atoms with E-state index in [9.17, 15) is 0 Å². The maximum atomic E-state index is 5.97. The van der Waals surface area contributed by atoms with Gasteiger partial charge in [0.05, 0.1) is 32.5 Å². The second-order valence-corrected chi connectivity index (χ2v) is 8.71. The van der Waals surface area contributed by atoms with Gasteiger partial charge in [0.15, 0.2) is 5.96 Å². The van der Waals surface area contributed by atoms with Crippen LogP contribution in [0, 0.1) is 11.8 Å². The van der Waals surface area contributed by atoms with Crippen molar-refractivity contribution >= 4 is 29.9 Å². The van der Waals surface area contributed by atoms with Crippen molar-refractivity contribution < 1.29 is 9.47 Å². The molecule has 0 aromatic heterocycles. The van der Waals surface area contributed by atoms with Gasteiger partial charge in [0.2, 0.25) is 0 Å². The normalized spacial score (nSPS) is 23.1. The van der Waals surface area contributed by atoms with E-state index in [1.807, 2.05) is 0 Å². The first-order valence-corrected chi connectivity index (χ1v) is 11.2. The van der Waals surface area contributed by atoms with E-state index >= 15 is 0 Å². The summed E-state index contributed by atoms with van der Waals surface area (Å²) in [6.07, 6.45) is 0.219. The Hall–Kier alpha value is -0.160. The Labute approximate surface area is 195 Å². The third-order valence-electron chi connectivity index (χ3n) is 5.41. The number of nitrogens with zero attached hydrogens (tertiary/aromatic N) is 3. The van der Waals surface area contributed by atoms with E-state index < -0.39 is 0 Å². The highest BCUT2D eigenvalue weighted by molar-refractivity contribution is 14.0. The topological polar surface area (TPSA) is 61.4 Å². The Morgan fingerprint density at radius 2 is 1.79 bits per heavy atom. The quantitative estimate of drug-likeness (QED) is 0.273. The van der Waals surface area contributed by atoms with Crippen molar-refractivity contribution in [2.45, 2.75) is 46.8 Å². The van der Waals surface area contributed by atoms with Crippen molar-refractivity contribution in [1.82, 2.24) is 20.4 Å². The average molecular weight is 526 g/mol. The van der Waals surface area contributed by atoms with Gasteiger partial charge in [-0.1, -0.05) is 27.7 Å². The molecule has 0 aliphatic carbocycles. The molecule has 0 bridgehead atoms. The van der Waals surface area contributed by atoms with Gasteiger partial charge in [0.25, 0.3) is 0 Å². The van der Waals surface area contributed by atoms with Crippen molar-refractivity contribution in [3.05, 3.63) is 0 Å². The summed E-state index contributed by atoms with van der Waals surface area (Å²) in [6.45, 7) is 21.4. The maximum absolute atomic E-state index is 5.97. The first-order chi connectivity index (χ1) is 13.5. The van der Waals surface area contributed by atoms with Gasteiger partial charge >= 0.3 is 0 Å². The maximum Gasteiger partial charge on any atom is 0.191 e. The molecule has 8 heteroatoms. The second kappa shape index (κ2) is 14.8. The highest BCUT2D eigenvalue weighted by atomic mass is 127. The summed E-state index contributed by atoms with van der Waals surface area (Å²) < 4.78 is 11.5. The molecule has 2 N–H and O–H groups in total. The van der Waals surface area contributed by atoms with Gasteiger partial charge in [0.1, 0.15) is 0 Å². The molecule has 0 aromatic rings. The van der Waals surface area contributed by atoms with Gasteiger partial charge in [-0.25, -0.2) is 0 Å². The molecule has 0 aromatic carbocycles. The Morgan fingerprint density at radius 1 is 1.07 bits per heavy atom. The number of morpholine rings is 2. The summed E-state index contributed by atoms with van der Waals surface area (Å²) >= 11 is 0. The first kappa shape index (κ1) is 26.9. The number of aliphatic imine (C=N–C) groups is 1. The van der Waals surface area contributed by atoms with Crippen LogP contribution in [-0.4, -0.2) is 100 Å². The molecule has 7 nitrogen and oxygen atoms in total. The van der Waals surface area contributed by atoms with Crippen LogP contribution in [0.5, 0.6) is 0 Å². The van der Waals surface area contributed by atoms with Crippen LogP contribution in [0.4, 0.5) is 0 Å². The summed E-state index contributed by atoms with van der Waals surface area (Å²) in [6, 6.07) is 0.451. The molecule has 2 atom stereocenters. The summed E-state index contributed by atoms with van der Waals surface area (Å²) in [5.74, 6) is 2.15. The van der Waals surface area contributed by atoms with Crippen LogP contribution >= 0.6 is 24.0 Å². The lowest BCUT2D eigenvalue weighted by molar-refractivity contribution is -0.0284. The van der Waals surface area contributed by atoms with Crippen LogP contribution in [0.2, 0.25) is 0 Å². The first-order valence-electron chi connectivity index (χ1n) is 11.2. The summed E-state index contributed by atoms with van der Waals surface area (Å²) in [4.78, 5) is 9.94. The van der Waals surface area contributed by atoms with Crippen LogP contribution in [0.25, 0.3) is 0 Å². The van der Waals surface area contributed by atoms with E-state index in [1.54, 1.807) is 0 Å². The van der Waals surface area contributed by atoms with Crippen LogP contribution in [0.15, 0.2) is 4.99 Å². The molecule has 0 spiro atoms. The van der Waals surface area contributed by atoms with E-state index in [1.165, 1.54) is 0 Å². The Kier molecular flexibility index (Phi) is 13.7. The molecule has 2 aliphatic rings. The molecule has 0 amide bonds. The third kappa shape index (κ3) is 10.1. The second-order valence-electron chi connectivity index (χ2n) is 8.71. The zero-order chi connectivity index (χ0) is 20.4. The predicted octanol–water partition coefficient (Wildman–Crippen LogP) is 1.87. The third-order valence-corrected chi connectivity index (χ3v) is 5.41. The van der Waals surface area contributed by atoms with E-state index in [0.29, 0.717) is 17.9 Å². The lowest BCUT2D eigenvalue weighted by atomic mass is 10.0. The minimum Gasteiger partial charge on any atom is -0.379 e.